The third kappa shape index (κ3) is 3.02. The van der Waals surface area contributed by atoms with E-state index < -0.39 is 10.0 Å². The van der Waals surface area contributed by atoms with E-state index in [1.807, 2.05) is 6.07 Å². The molecule has 1 fully saturated rings. The maximum atomic E-state index is 12.6. The summed E-state index contributed by atoms with van der Waals surface area (Å²) in [7, 11) is -1.86. The Balaban J connectivity index is 2.23. The third-order valence-corrected chi connectivity index (χ3v) is 6.05. The van der Waals surface area contributed by atoms with Gasteiger partial charge < -0.3 is 0 Å². The number of rotatable bonds is 3. The minimum absolute atomic E-state index is 0.0712. The molecule has 1 saturated carbocycles. The van der Waals surface area contributed by atoms with Crippen LogP contribution >= 0.6 is 0 Å². The number of hydrogen-bond donors (Lipinski definition) is 0. The van der Waals surface area contributed by atoms with Crippen LogP contribution in [0.15, 0.2) is 29.2 Å². The van der Waals surface area contributed by atoms with Crippen molar-refractivity contribution in [1.82, 2.24) is 4.31 Å². The lowest BCUT2D eigenvalue weighted by atomic mass is 9.87. The van der Waals surface area contributed by atoms with Gasteiger partial charge in [0.05, 0.1) is 16.5 Å². The van der Waals surface area contributed by atoms with Gasteiger partial charge in [-0.25, -0.2) is 8.42 Å². The molecule has 0 aliphatic heterocycles. The molecule has 0 N–H and O–H groups in total. The molecular weight excluding hydrogens is 272 g/mol. The van der Waals surface area contributed by atoms with Crippen molar-refractivity contribution in [3.63, 3.8) is 0 Å². The minimum Gasteiger partial charge on any atom is -0.207 e. The molecule has 1 aliphatic rings. The molecule has 108 valence electrons. The number of benzene rings is 1. The van der Waals surface area contributed by atoms with E-state index in [1.165, 1.54) is 10.4 Å². The molecule has 1 aliphatic carbocycles. The summed E-state index contributed by atoms with van der Waals surface area (Å²) in [4.78, 5) is 0.206. The molecule has 2 rings (SSSR count). The largest absolute Gasteiger partial charge is 0.243 e. The third-order valence-electron chi connectivity index (χ3n) is 4.14. The molecule has 0 bridgehead atoms. The van der Waals surface area contributed by atoms with Gasteiger partial charge in [0, 0.05) is 13.1 Å². The predicted molar refractivity (Wildman–Crippen MR) is 77.5 cm³/mol. The molecule has 0 saturated heterocycles. The van der Waals surface area contributed by atoms with Crippen molar-refractivity contribution in [2.24, 2.45) is 5.92 Å². The lowest BCUT2D eigenvalue weighted by Gasteiger charge is -2.32. The topological polar surface area (TPSA) is 61.2 Å². The van der Waals surface area contributed by atoms with Gasteiger partial charge in [0.15, 0.2) is 0 Å². The average molecular weight is 292 g/mol. The highest BCUT2D eigenvalue weighted by molar-refractivity contribution is 7.89. The molecular formula is C15H20N2O2S. The van der Waals surface area contributed by atoms with Gasteiger partial charge in [-0.1, -0.05) is 13.0 Å². The van der Waals surface area contributed by atoms with Crippen molar-refractivity contribution in [2.45, 2.75) is 43.5 Å². The Morgan fingerprint density at radius 1 is 1.25 bits per heavy atom. The Morgan fingerprint density at radius 2 is 1.90 bits per heavy atom. The Labute approximate surface area is 121 Å². The number of nitriles is 1. The van der Waals surface area contributed by atoms with Crippen LogP contribution in [0.3, 0.4) is 0 Å². The van der Waals surface area contributed by atoms with Crippen molar-refractivity contribution in [3.05, 3.63) is 29.8 Å². The normalized spacial score (nSPS) is 23.5. The predicted octanol–water partition coefficient (Wildman–Crippen LogP) is 2.76. The SMILES string of the molecule is CC1CCC(N(C)S(=O)(=O)c2cccc(C#N)c2)CC1. The molecule has 0 spiro atoms. The van der Waals surface area contributed by atoms with E-state index in [-0.39, 0.29) is 10.9 Å². The van der Waals surface area contributed by atoms with Gasteiger partial charge in [-0.15, -0.1) is 0 Å². The molecule has 0 unspecified atom stereocenters. The quantitative estimate of drug-likeness (QED) is 0.860. The van der Waals surface area contributed by atoms with Crippen molar-refractivity contribution in [1.29, 1.82) is 5.26 Å². The van der Waals surface area contributed by atoms with Gasteiger partial charge in [-0.3, -0.25) is 0 Å². The van der Waals surface area contributed by atoms with Crippen molar-refractivity contribution in [3.8, 4) is 6.07 Å². The maximum Gasteiger partial charge on any atom is 0.243 e. The number of sulfonamides is 1. The highest BCUT2D eigenvalue weighted by Gasteiger charge is 2.30. The van der Waals surface area contributed by atoms with E-state index in [9.17, 15) is 8.42 Å². The van der Waals surface area contributed by atoms with Gasteiger partial charge in [0.1, 0.15) is 0 Å². The highest BCUT2D eigenvalue weighted by Crippen LogP contribution is 2.29. The van der Waals surface area contributed by atoms with E-state index in [2.05, 4.69) is 6.92 Å². The summed E-state index contributed by atoms with van der Waals surface area (Å²) < 4.78 is 26.7. The first-order chi connectivity index (χ1) is 9.45. The second-order valence-electron chi connectivity index (χ2n) is 5.57. The Hall–Kier alpha value is -1.38. The van der Waals surface area contributed by atoms with E-state index in [1.54, 1.807) is 25.2 Å². The zero-order valence-corrected chi connectivity index (χ0v) is 12.7. The van der Waals surface area contributed by atoms with Crippen LogP contribution in [0.1, 0.15) is 38.2 Å². The molecule has 1 aromatic carbocycles. The summed E-state index contributed by atoms with van der Waals surface area (Å²) >= 11 is 0. The monoisotopic (exact) mass is 292 g/mol. The molecule has 1 aromatic rings. The van der Waals surface area contributed by atoms with Crippen molar-refractivity contribution >= 4 is 10.0 Å². The van der Waals surface area contributed by atoms with Crippen LogP contribution in [-0.4, -0.2) is 25.8 Å². The standard InChI is InChI=1S/C15H20N2O2S/c1-12-6-8-14(9-7-12)17(2)20(18,19)15-5-3-4-13(10-15)11-16/h3-5,10,12,14H,6-9H2,1-2H3. The lowest BCUT2D eigenvalue weighted by Crippen LogP contribution is -2.39. The summed E-state index contributed by atoms with van der Waals surface area (Å²) in [6, 6.07) is 8.27. The van der Waals surface area contributed by atoms with Crippen LogP contribution in [0.5, 0.6) is 0 Å². The molecule has 0 atom stereocenters. The molecule has 5 heteroatoms. The van der Waals surface area contributed by atoms with Crippen LogP contribution < -0.4 is 0 Å². The second-order valence-corrected chi connectivity index (χ2v) is 7.57. The zero-order chi connectivity index (χ0) is 14.8. The van der Waals surface area contributed by atoms with Crippen LogP contribution in [0.2, 0.25) is 0 Å². The highest BCUT2D eigenvalue weighted by atomic mass is 32.2. The molecule has 0 amide bonds. The van der Waals surface area contributed by atoms with Gasteiger partial charge in [0.25, 0.3) is 0 Å². The Morgan fingerprint density at radius 3 is 2.50 bits per heavy atom. The first-order valence-electron chi connectivity index (χ1n) is 6.93. The Bertz CT molecular complexity index is 611. The fraction of sp³-hybridized carbons (Fsp3) is 0.533. The number of nitrogens with zero attached hydrogens (tertiary/aromatic N) is 2. The first-order valence-corrected chi connectivity index (χ1v) is 8.37. The maximum absolute atomic E-state index is 12.6. The van der Waals surface area contributed by atoms with Gasteiger partial charge in [-0.2, -0.15) is 9.57 Å². The summed E-state index contributed by atoms with van der Waals surface area (Å²) in [5.74, 6) is 0.685. The van der Waals surface area contributed by atoms with Gasteiger partial charge in [0.2, 0.25) is 10.0 Å². The van der Waals surface area contributed by atoms with Crippen molar-refractivity contribution in [2.75, 3.05) is 7.05 Å². The molecule has 0 aromatic heterocycles. The van der Waals surface area contributed by atoms with Crippen molar-refractivity contribution < 1.29 is 8.42 Å². The fourth-order valence-electron chi connectivity index (χ4n) is 2.69. The fourth-order valence-corrected chi connectivity index (χ4v) is 4.16. The first kappa shape index (κ1) is 15.0. The zero-order valence-electron chi connectivity index (χ0n) is 11.9. The summed E-state index contributed by atoms with van der Waals surface area (Å²) in [6.45, 7) is 2.21. The summed E-state index contributed by atoms with van der Waals surface area (Å²) in [5, 5.41) is 8.89. The van der Waals surface area contributed by atoms with Crippen LogP contribution in [-0.2, 0) is 10.0 Å². The molecule has 4 nitrogen and oxygen atoms in total. The van der Waals surface area contributed by atoms with Gasteiger partial charge in [-0.05, 0) is 49.8 Å². The van der Waals surface area contributed by atoms with E-state index in [0.717, 1.165) is 25.7 Å². The molecule has 20 heavy (non-hydrogen) atoms. The van der Waals surface area contributed by atoms with Gasteiger partial charge >= 0.3 is 0 Å². The second kappa shape index (κ2) is 5.94. The van der Waals surface area contributed by atoms with Crippen LogP contribution in [0, 0.1) is 17.2 Å². The van der Waals surface area contributed by atoms with E-state index in [4.69, 9.17) is 5.26 Å². The number of hydrogen-bond acceptors (Lipinski definition) is 3. The smallest absolute Gasteiger partial charge is 0.207 e. The minimum atomic E-state index is -3.51. The molecule has 0 radical (unpaired) electrons. The van der Waals surface area contributed by atoms with E-state index >= 15 is 0 Å². The summed E-state index contributed by atoms with van der Waals surface area (Å²) in [5.41, 5.74) is 0.372. The lowest BCUT2D eigenvalue weighted by molar-refractivity contribution is 0.246. The molecule has 0 heterocycles. The average Bonchev–Trinajstić information content (AvgIpc) is 2.47. The summed E-state index contributed by atoms with van der Waals surface area (Å²) in [6.07, 6.45) is 3.97. The Kier molecular flexibility index (Phi) is 4.46. The van der Waals surface area contributed by atoms with Crippen LogP contribution in [0.25, 0.3) is 0 Å². The van der Waals surface area contributed by atoms with E-state index in [0.29, 0.717) is 11.5 Å². The van der Waals surface area contributed by atoms with Crippen LogP contribution in [0.4, 0.5) is 0 Å².